The Morgan fingerprint density at radius 1 is 1.26 bits per heavy atom. The number of hydrogen-bond donors (Lipinski definition) is 1. The molecule has 1 N–H and O–H groups in total. The number of aryl methyl sites for hydroxylation is 3. The van der Waals surface area contributed by atoms with Gasteiger partial charge in [0.1, 0.15) is 0 Å². The Hall–Kier alpha value is -1.61. The number of hydrogen-bond acceptors (Lipinski definition) is 2. The second-order valence-corrected chi connectivity index (χ2v) is 5.02. The van der Waals surface area contributed by atoms with E-state index in [4.69, 9.17) is 0 Å². The van der Waals surface area contributed by atoms with Crippen molar-refractivity contribution in [3.63, 3.8) is 0 Å². The number of rotatable bonds is 6. The standard InChI is InChI=1S/C16H23N3/c1-4-15-11-16(19(3)18-15)12-17-9-8-14-7-5-6-13(2)10-14/h5-7,10-11,17H,4,8-9,12H2,1-3H3. The molecule has 0 aliphatic carbocycles. The Morgan fingerprint density at radius 2 is 2.11 bits per heavy atom. The molecule has 19 heavy (non-hydrogen) atoms. The highest BCUT2D eigenvalue weighted by atomic mass is 15.3. The maximum Gasteiger partial charge on any atom is 0.0625 e. The fraction of sp³-hybridized carbons (Fsp3) is 0.438. The van der Waals surface area contributed by atoms with Crippen LogP contribution in [0.4, 0.5) is 0 Å². The van der Waals surface area contributed by atoms with Crippen LogP contribution < -0.4 is 5.32 Å². The Morgan fingerprint density at radius 3 is 2.79 bits per heavy atom. The topological polar surface area (TPSA) is 29.9 Å². The summed E-state index contributed by atoms with van der Waals surface area (Å²) in [6, 6.07) is 10.9. The van der Waals surface area contributed by atoms with Crippen LogP contribution in [0.3, 0.4) is 0 Å². The van der Waals surface area contributed by atoms with Crippen molar-refractivity contribution in [2.24, 2.45) is 7.05 Å². The Labute approximate surface area is 115 Å². The zero-order valence-electron chi connectivity index (χ0n) is 12.1. The summed E-state index contributed by atoms with van der Waals surface area (Å²) in [6.45, 7) is 6.15. The highest BCUT2D eigenvalue weighted by Crippen LogP contribution is 2.05. The molecule has 1 aromatic carbocycles. The molecule has 2 rings (SSSR count). The first-order chi connectivity index (χ1) is 9.19. The monoisotopic (exact) mass is 257 g/mol. The van der Waals surface area contributed by atoms with E-state index in [0.717, 1.165) is 31.6 Å². The van der Waals surface area contributed by atoms with E-state index in [9.17, 15) is 0 Å². The third kappa shape index (κ3) is 3.93. The summed E-state index contributed by atoms with van der Waals surface area (Å²) in [7, 11) is 2.01. The van der Waals surface area contributed by atoms with E-state index in [1.165, 1.54) is 16.8 Å². The average molecular weight is 257 g/mol. The fourth-order valence-corrected chi connectivity index (χ4v) is 2.23. The van der Waals surface area contributed by atoms with Crippen molar-refractivity contribution in [3.05, 3.63) is 52.8 Å². The molecule has 2 aromatic rings. The summed E-state index contributed by atoms with van der Waals surface area (Å²) < 4.78 is 1.97. The molecule has 1 aromatic heterocycles. The molecular formula is C16H23N3. The van der Waals surface area contributed by atoms with Gasteiger partial charge in [-0.2, -0.15) is 5.10 Å². The van der Waals surface area contributed by atoms with Gasteiger partial charge in [0, 0.05) is 13.6 Å². The molecule has 1 heterocycles. The summed E-state index contributed by atoms with van der Waals surface area (Å²) in [4.78, 5) is 0. The summed E-state index contributed by atoms with van der Waals surface area (Å²) in [6.07, 6.45) is 2.07. The van der Waals surface area contributed by atoms with Crippen molar-refractivity contribution in [2.75, 3.05) is 6.54 Å². The van der Waals surface area contributed by atoms with E-state index in [1.807, 2.05) is 11.7 Å². The maximum atomic E-state index is 4.45. The molecule has 0 spiro atoms. The minimum Gasteiger partial charge on any atom is -0.311 e. The molecular weight excluding hydrogens is 234 g/mol. The lowest BCUT2D eigenvalue weighted by molar-refractivity contribution is 0.623. The zero-order chi connectivity index (χ0) is 13.7. The van der Waals surface area contributed by atoms with Crippen LogP contribution in [0.5, 0.6) is 0 Å². The van der Waals surface area contributed by atoms with Crippen molar-refractivity contribution in [2.45, 2.75) is 33.2 Å². The lowest BCUT2D eigenvalue weighted by Gasteiger charge is -2.06. The van der Waals surface area contributed by atoms with Crippen LogP contribution in [0.15, 0.2) is 30.3 Å². The molecule has 0 saturated heterocycles. The second kappa shape index (κ2) is 6.53. The molecule has 0 amide bonds. The summed E-state index contributed by atoms with van der Waals surface area (Å²) in [5.74, 6) is 0. The molecule has 0 radical (unpaired) electrons. The minimum atomic E-state index is 0.884. The molecule has 0 bridgehead atoms. The molecule has 0 fully saturated rings. The first-order valence-electron chi connectivity index (χ1n) is 6.97. The van der Waals surface area contributed by atoms with Gasteiger partial charge in [-0.1, -0.05) is 36.8 Å². The molecule has 3 nitrogen and oxygen atoms in total. The van der Waals surface area contributed by atoms with E-state index in [2.05, 4.69) is 54.6 Å². The van der Waals surface area contributed by atoms with E-state index in [-0.39, 0.29) is 0 Å². The Balaban J connectivity index is 1.79. The van der Waals surface area contributed by atoms with Crippen LogP contribution in [-0.2, 0) is 26.4 Å². The van der Waals surface area contributed by atoms with Crippen LogP contribution in [0.1, 0.15) is 29.4 Å². The zero-order valence-corrected chi connectivity index (χ0v) is 12.1. The number of aromatic nitrogens is 2. The quantitative estimate of drug-likeness (QED) is 0.806. The average Bonchev–Trinajstić information content (AvgIpc) is 2.76. The van der Waals surface area contributed by atoms with Crippen molar-refractivity contribution < 1.29 is 0 Å². The van der Waals surface area contributed by atoms with Gasteiger partial charge < -0.3 is 5.32 Å². The van der Waals surface area contributed by atoms with Gasteiger partial charge >= 0.3 is 0 Å². The number of benzene rings is 1. The number of nitrogens with zero attached hydrogens (tertiary/aromatic N) is 2. The Kier molecular flexibility index (Phi) is 4.74. The van der Waals surface area contributed by atoms with Gasteiger partial charge in [0.2, 0.25) is 0 Å². The lowest BCUT2D eigenvalue weighted by atomic mass is 10.1. The largest absolute Gasteiger partial charge is 0.311 e. The fourth-order valence-electron chi connectivity index (χ4n) is 2.23. The van der Waals surface area contributed by atoms with E-state index < -0.39 is 0 Å². The molecule has 0 aliphatic rings. The molecule has 0 saturated carbocycles. The molecule has 0 atom stereocenters. The number of nitrogens with one attached hydrogen (secondary N) is 1. The summed E-state index contributed by atoms with van der Waals surface area (Å²) in [5, 5.41) is 7.94. The maximum absolute atomic E-state index is 4.45. The smallest absolute Gasteiger partial charge is 0.0625 e. The first-order valence-corrected chi connectivity index (χ1v) is 6.97. The van der Waals surface area contributed by atoms with Crippen LogP contribution in [0.25, 0.3) is 0 Å². The molecule has 3 heteroatoms. The summed E-state index contributed by atoms with van der Waals surface area (Å²) in [5.41, 5.74) is 5.14. The second-order valence-electron chi connectivity index (χ2n) is 5.02. The summed E-state index contributed by atoms with van der Waals surface area (Å²) >= 11 is 0. The van der Waals surface area contributed by atoms with Crippen molar-refractivity contribution in [1.29, 1.82) is 0 Å². The van der Waals surface area contributed by atoms with Gasteiger partial charge in [-0.15, -0.1) is 0 Å². The van der Waals surface area contributed by atoms with Crippen LogP contribution in [0.2, 0.25) is 0 Å². The van der Waals surface area contributed by atoms with Gasteiger partial charge in [0.05, 0.1) is 11.4 Å². The highest BCUT2D eigenvalue weighted by Gasteiger charge is 2.02. The van der Waals surface area contributed by atoms with Gasteiger partial charge in [-0.3, -0.25) is 4.68 Å². The molecule has 0 unspecified atom stereocenters. The Bertz CT molecular complexity index is 529. The molecule has 102 valence electrons. The minimum absolute atomic E-state index is 0.884. The van der Waals surface area contributed by atoms with Gasteiger partial charge in [0.25, 0.3) is 0 Å². The van der Waals surface area contributed by atoms with Gasteiger partial charge in [-0.05, 0) is 37.9 Å². The van der Waals surface area contributed by atoms with Gasteiger partial charge in [-0.25, -0.2) is 0 Å². The third-order valence-electron chi connectivity index (χ3n) is 3.37. The van der Waals surface area contributed by atoms with Crippen LogP contribution >= 0.6 is 0 Å². The lowest BCUT2D eigenvalue weighted by Crippen LogP contribution is -2.18. The van der Waals surface area contributed by atoms with E-state index >= 15 is 0 Å². The van der Waals surface area contributed by atoms with Gasteiger partial charge in [0.15, 0.2) is 0 Å². The van der Waals surface area contributed by atoms with Crippen LogP contribution in [0, 0.1) is 6.92 Å². The van der Waals surface area contributed by atoms with Crippen molar-refractivity contribution in [3.8, 4) is 0 Å². The van der Waals surface area contributed by atoms with E-state index in [1.54, 1.807) is 0 Å². The van der Waals surface area contributed by atoms with Crippen molar-refractivity contribution >= 4 is 0 Å². The first kappa shape index (κ1) is 13.8. The predicted molar refractivity (Wildman–Crippen MR) is 79.2 cm³/mol. The molecule has 0 aliphatic heterocycles. The van der Waals surface area contributed by atoms with E-state index in [0.29, 0.717) is 0 Å². The normalized spacial score (nSPS) is 10.9. The van der Waals surface area contributed by atoms with Crippen LogP contribution in [-0.4, -0.2) is 16.3 Å². The SMILES string of the molecule is CCc1cc(CNCCc2cccc(C)c2)n(C)n1. The van der Waals surface area contributed by atoms with Crippen molar-refractivity contribution in [1.82, 2.24) is 15.1 Å². The third-order valence-corrected chi connectivity index (χ3v) is 3.37. The highest BCUT2D eigenvalue weighted by molar-refractivity contribution is 5.22. The predicted octanol–water partition coefficient (Wildman–Crippen LogP) is 2.62.